The minimum atomic E-state index is 0.212. The molecule has 0 saturated carbocycles. The minimum Gasteiger partial charge on any atom is -0.409 e. The standard InChI is InChI=1S/C7H13N5O/c1-12-5-3-7(10-12)9-4-2-6(8)11-13/h3,5,13H,2,4H2,1H3,(H2,8,11)(H,9,10). The summed E-state index contributed by atoms with van der Waals surface area (Å²) in [6.45, 7) is 0.604. The highest BCUT2D eigenvalue weighted by molar-refractivity contribution is 5.79. The number of hydrogen-bond acceptors (Lipinski definition) is 4. The number of nitrogens with zero attached hydrogens (tertiary/aromatic N) is 3. The third-order valence-electron chi connectivity index (χ3n) is 1.53. The summed E-state index contributed by atoms with van der Waals surface area (Å²) in [5, 5.41) is 18.2. The quantitative estimate of drug-likeness (QED) is 0.265. The second-order valence-electron chi connectivity index (χ2n) is 2.64. The maximum Gasteiger partial charge on any atom is 0.147 e. The van der Waals surface area contributed by atoms with E-state index < -0.39 is 0 Å². The lowest BCUT2D eigenvalue weighted by Crippen LogP contribution is -2.16. The molecule has 0 spiro atoms. The van der Waals surface area contributed by atoms with Crippen LogP contribution in [0.4, 0.5) is 5.82 Å². The van der Waals surface area contributed by atoms with Crippen LogP contribution in [0.5, 0.6) is 0 Å². The zero-order valence-corrected chi connectivity index (χ0v) is 7.44. The zero-order valence-electron chi connectivity index (χ0n) is 7.44. The van der Waals surface area contributed by atoms with Gasteiger partial charge < -0.3 is 16.3 Å². The van der Waals surface area contributed by atoms with E-state index in [2.05, 4.69) is 15.6 Å². The Balaban J connectivity index is 2.28. The molecule has 0 fully saturated rings. The second kappa shape index (κ2) is 4.34. The van der Waals surface area contributed by atoms with Crippen LogP contribution in [0.1, 0.15) is 6.42 Å². The van der Waals surface area contributed by atoms with Crippen molar-refractivity contribution in [2.24, 2.45) is 17.9 Å². The summed E-state index contributed by atoms with van der Waals surface area (Å²) in [7, 11) is 1.84. The first-order valence-electron chi connectivity index (χ1n) is 3.92. The highest BCUT2D eigenvalue weighted by Crippen LogP contribution is 1.99. The Morgan fingerprint density at radius 1 is 1.85 bits per heavy atom. The molecule has 4 N–H and O–H groups in total. The van der Waals surface area contributed by atoms with Gasteiger partial charge in [0, 0.05) is 32.3 Å². The fourth-order valence-electron chi connectivity index (χ4n) is 0.878. The van der Waals surface area contributed by atoms with E-state index in [0.717, 1.165) is 5.82 Å². The summed E-state index contributed by atoms with van der Waals surface area (Å²) in [6, 6.07) is 1.85. The first-order valence-corrected chi connectivity index (χ1v) is 3.92. The van der Waals surface area contributed by atoms with E-state index >= 15 is 0 Å². The maximum atomic E-state index is 8.25. The van der Waals surface area contributed by atoms with Gasteiger partial charge in [-0.15, -0.1) is 0 Å². The number of nitrogens with one attached hydrogen (secondary N) is 1. The molecule has 0 aliphatic carbocycles. The molecule has 0 aromatic carbocycles. The monoisotopic (exact) mass is 183 g/mol. The molecule has 0 aliphatic rings. The number of aryl methyl sites for hydroxylation is 1. The van der Waals surface area contributed by atoms with Crippen molar-refractivity contribution >= 4 is 11.7 Å². The van der Waals surface area contributed by atoms with Crippen molar-refractivity contribution in [3.63, 3.8) is 0 Å². The van der Waals surface area contributed by atoms with Crippen molar-refractivity contribution in [1.82, 2.24) is 9.78 Å². The van der Waals surface area contributed by atoms with Gasteiger partial charge in [-0.2, -0.15) is 5.10 Å². The first-order chi connectivity index (χ1) is 6.22. The normalized spacial score (nSPS) is 11.6. The summed E-state index contributed by atoms with van der Waals surface area (Å²) < 4.78 is 1.70. The largest absolute Gasteiger partial charge is 0.409 e. The van der Waals surface area contributed by atoms with Crippen LogP contribution in [-0.4, -0.2) is 27.4 Å². The van der Waals surface area contributed by atoms with E-state index in [1.807, 2.05) is 19.3 Å². The molecule has 72 valence electrons. The Morgan fingerprint density at radius 2 is 2.62 bits per heavy atom. The summed E-state index contributed by atoms with van der Waals surface area (Å²) in [4.78, 5) is 0. The lowest BCUT2D eigenvalue weighted by atomic mass is 10.4. The van der Waals surface area contributed by atoms with Crippen LogP contribution in [0, 0.1) is 0 Å². The van der Waals surface area contributed by atoms with E-state index in [1.165, 1.54) is 0 Å². The first kappa shape index (κ1) is 9.37. The Hall–Kier alpha value is -1.72. The second-order valence-corrected chi connectivity index (χ2v) is 2.64. The molecule has 1 aromatic heterocycles. The van der Waals surface area contributed by atoms with Crippen molar-refractivity contribution in [2.75, 3.05) is 11.9 Å². The van der Waals surface area contributed by atoms with Crippen molar-refractivity contribution in [3.8, 4) is 0 Å². The van der Waals surface area contributed by atoms with Gasteiger partial charge in [-0.1, -0.05) is 5.16 Å². The number of anilines is 1. The smallest absolute Gasteiger partial charge is 0.147 e. The van der Waals surface area contributed by atoms with Gasteiger partial charge in [0.15, 0.2) is 0 Å². The Labute approximate surface area is 76.0 Å². The fourth-order valence-corrected chi connectivity index (χ4v) is 0.878. The molecule has 6 nitrogen and oxygen atoms in total. The zero-order chi connectivity index (χ0) is 9.68. The molecule has 1 aromatic rings. The van der Waals surface area contributed by atoms with Crippen molar-refractivity contribution in [2.45, 2.75) is 6.42 Å². The van der Waals surface area contributed by atoms with Gasteiger partial charge in [0.1, 0.15) is 11.7 Å². The van der Waals surface area contributed by atoms with E-state index in [0.29, 0.717) is 13.0 Å². The molecule has 0 saturated heterocycles. The molecule has 1 rings (SSSR count). The van der Waals surface area contributed by atoms with Crippen LogP contribution in [-0.2, 0) is 7.05 Å². The van der Waals surface area contributed by atoms with Gasteiger partial charge in [0.05, 0.1) is 0 Å². The molecule has 0 aliphatic heterocycles. The van der Waals surface area contributed by atoms with Gasteiger partial charge in [0.25, 0.3) is 0 Å². The number of rotatable bonds is 4. The minimum absolute atomic E-state index is 0.212. The van der Waals surface area contributed by atoms with Crippen LogP contribution in [0.25, 0.3) is 0 Å². The molecule has 0 radical (unpaired) electrons. The van der Waals surface area contributed by atoms with E-state index in [9.17, 15) is 0 Å². The van der Waals surface area contributed by atoms with Crippen molar-refractivity contribution in [3.05, 3.63) is 12.3 Å². The Bertz CT molecular complexity index is 293. The van der Waals surface area contributed by atoms with Gasteiger partial charge in [0.2, 0.25) is 0 Å². The third kappa shape index (κ3) is 3.02. The lowest BCUT2D eigenvalue weighted by molar-refractivity contribution is 0.317. The molecular weight excluding hydrogens is 170 g/mol. The molecular formula is C7H13N5O. The lowest BCUT2D eigenvalue weighted by Gasteiger charge is -2.00. The predicted molar refractivity (Wildman–Crippen MR) is 49.7 cm³/mol. The van der Waals surface area contributed by atoms with Crippen LogP contribution in [0.3, 0.4) is 0 Å². The SMILES string of the molecule is Cn1ccc(NCC/C(N)=N/O)n1. The van der Waals surface area contributed by atoms with Crippen LogP contribution in [0.2, 0.25) is 0 Å². The fraction of sp³-hybridized carbons (Fsp3) is 0.429. The summed E-state index contributed by atoms with van der Waals surface area (Å²) in [5.41, 5.74) is 5.28. The predicted octanol–water partition coefficient (Wildman–Crippen LogP) is -0.0315. The molecule has 6 heteroatoms. The summed E-state index contributed by atoms with van der Waals surface area (Å²) >= 11 is 0. The Kier molecular flexibility index (Phi) is 3.13. The van der Waals surface area contributed by atoms with Crippen LogP contribution >= 0.6 is 0 Å². The van der Waals surface area contributed by atoms with Gasteiger partial charge in [-0.3, -0.25) is 4.68 Å². The van der Waals surface area contributed by atoms with Crippen LogP contribution in [0.15, 0.2) is 17.4 Å². The maximum absolute atomic E-state index is 8.25. The Morgan fingerprint density at radius 3 is 3.15 bits per heavy atom. The average Bonchev–Trinajstić information content (AvgIpc) is 2.51. The average molecular weight is 183 g/mol. The highest BCUT2D eigenvalue weighted by atomic mass is 16.4. The number of hydrogen-bond donors (Lipinski definition) is 3. The number of oxime groups is 1. The topological polar surface area (TPSA) is 88.5 Å². The molecule has 13 heavy (non-hydrogen) atoms. The highest BCUT2D eigenvalue weighted by Gasteiger charge is 1.96. The molecule has 0 bridgehead atoms. The number of aromatic nitrogens is 2. The van der Waals surface area contributed by atoms with Crippen molar-refractivity contribution < 1.29 is 5.21 Å². The van der Waals surface area contributed by atoms with Gasteiger partial charge in [-0.05, 0) is 0 Å². The number of amidine groups is 1. The molecule has 0 atom stereocenters. The number of nitrogens with two attached hydrogens (primary N) is 1. The van der Waals surface area contributed by atoms with Crippen molar-refractivity contribution in [1.29, 1.82) is 0 Å². The van der Waals surface area contributed by atoms with E-state index in [-0.39, 0.29) is 5.84 Å². The van der Waals surface area contributed by atoms with Crippen LogP contribution < -0.4 is 11.1 Å². The van der Waals surface area contributed by atoms with Gasteiger partial charge in [-0.25, -0.2) is 0 Å². The summed E-state index contributed by atoms with van der Waals surface area (Å²) in [5.74, 6) is 0.997. The van der Waals surface area contributed by atoms with E-state index in [1.54, 1.807) is 4.68 Å². The molecule has 1 heterocycles. The van der Waals surface area contributed by atoms with Gasteiger partial charge >= 0.3 is 0 Å². The molecule has 0 amide bonds. The summed E-state index contributed by atoms with van der Waals surface area (Å²) in [6.07, 6.45) is 2.33. The van der Waals surface area contributed by atoms with E-state index in [4.69, 9.17) is 10.9 Å². The molecule has 0 unspecified atom stereocenters. The third-order valence-corrected chi connectivity index (χ3v) is 1.53.